The number of aryl methyl sites for hydroxylation is 2. The van der Waals surface area contributed by atoms with E-state index in [2.05, 4.69) is 37.5 Å². The summed E-state index contributed by atoms with van der Waals surface area (Å²) >= 11 is 0. The molecule has 0 radical (unpaired) electrons. The average molecular weight is 492 g/mol. The van der Waals surface area contributed by atoms with Crippen molar-refractivity contribution in [2.24, 2.45) is 0 Å². The molecule has 188 valence electrons. The largest absolute Gasteiger partial charge is 0.459 e. The van der Waals surface area contributed by atoms with Crippen molar-refractivity contribution in [3.05, 3.63) is 75.2 Å². The Morgan fingerprint density at radius 1 is 1.19 bits per heavy atom. The Morgan fingerprint density at radius 3 is 2.72 bits per heavy atom. The van der Waals surface area contributed by atoms with Crippen LogP contribution in [0.5, 0.6) is 0 Å². The van der Waals surface area contributed by atoms with Gasteiger partial charge in [0.25, 0.3) is 11.5 Å². The predicted molar refractivity (Wildman–Crippen MR) is 132 cm³/mol. The van der Waals surface area contributed by atoms with E-state index in [1.165, 1.54) is 6.26 Å². The van der Waals surface area contributed by atoms with E-state index < -0.39 is 6.04 Å². The Bertz CT molecular complexity index is 1420. The lowest BCUT2D eigenvalue weighted by molar-refractivity contribution is 0.0557. The van der Waals surface area contributed by atoms with Crippen LogP contribution in [0.4, 0.5) is 0 Å². The molecule has 0 bridgehead atoms. The molecule has 11 nitrogen and oxygen atoms in total. The van der Waals surface area contributed by atoms with Crippen molar-refractivity contribution in [2.75, 3.05) is 39.9 Å². The van der Waals surface area contributed by atoms with E-state index in [0.29, 0.717) is 56.5 Å². The zero-order valence-electron chi connectivity index (χ0n) is 20.6. The zero-order valence-corrected chi connectivity index (χ0v) is 20.6. The van der Waals surface area contributed by atoms with E-state index in [9.17, 15) is 9.59 Å². The SMILES string of the molecule is COCCn1nnnc1C(c1cc2cc(C)cc(C)c2[nH]c1=O)N1CCN(C(=O)c2ccco2)CC1. The van der Waals surface area contributed by atoms with Gasteiger partial charge in [0.05, 0.1) is 24.9 Å². The molecule has 11 heteroatoms. The second kappa shape index (κ2) is 10.0. The molecule has 0 saturated carbocycles. The molecule has 4 aromatic rings. The summed E-state index contributed by atoms with van der Waals surface area (Å²) in [5, 5.41) is 13.3. The number of tetrazole rings is 1. The Morgan fingerprint density at radius 2 is 2.00 bits per heavy atom. The fourth-order valence-corrected chi connectivity index (χ4v) is 4.89. The van der Waals surface area contributed by atoms with Gasteiger partial charge in [-0.2, -0.15) is 0 Å². The van der Waals surface area contributed by atoms with Crippen LogP contribution in [0.15, 0.2) is 45.8 Å². The molecule has 1 amide bonds. The Balaban J connectivity index is 1.52. The van der Waals surface area contributed by atoms with Gasteiger partial charge in [-0.3, -0.25) is 14.5 Å². The zero-order chi connectivity index (χ0) is 25.2. The van der Waals surface area contributed by atoms with Crippen molar-refractivity contribution < 1.29 is 13.9 Å². The van der Waals surface area contributed by atoms with Gasteiger partial charge in [0, 0.05) is 38.9 Å². The predicted octanol–water partition coefficient (Wildman–Crippen LogP) is 1.92. The molecule has 1 fully saturated rings. The topological polar surface area (TPSA) is 122 Å². The standard InChI is InChI=1S/C25H29N7O4/c1-16-13-17(2)21-18(14-16)15-19(24(33)26-21)22(23-27-28-29-32(23)10-12-35-3)30-6-8-31(9-7-30)25(34)20-5-4-11-36-20/h4-5,11,13-15,22H,6-10,12H2,1-3H3,(H,26,33). The Hall–Kier alpha value is -3.83. The number of nitrogens with one attached hydrogen (secondary N) is 1. The maximum absolute atomic E-state index is 13.4. The molecular weight excluding hydrogens is 462 g/mol. The fraction of sp³-hybridized carbons (Fsp3) is 0.400. The molecule has 3 aromatic heterocycles. The number of methoxy groups -OCH3 is 1. The van der Waals surface area contributed by atoms with Gasteiger partial charge in [-0.25, -0.2) is 4.68 Å². The summed E-state index contributed by atoms with van der Waals surface area (Å²) in [6, 6.07) is 8.93. The number of benzene rings is 1. The van der Waals surface area contributed by atoms with Gasteiger partial charge in [0.15, 0.2) is 11.6 Å². The van der Waals surface area contributed by atoms with Crippen molar-refractivity contribution in [2.45, 2.75) is 26.4 Å². The molecule has 1 aliphatic heterocycles. The van der Waals surface area contributed by atoms with E-state index in [1.807, 2.05) is 19.9 Å². The maximum atomic E-state index is 13.4. The minimum atomic E-state index is -0.494. The van der Waals surface area contributed by atoms with Crippen molar-refractivity contribution in [3.63, 3.8) is 0 Å². The van der Waals surface area contributed by atoms with Crippen LogP contribution in [-0.2, 0) is 11.3 Å². The van der Waals surface area contributed by atoms with Crippen LogP contribution in [0.2, 0.25) is 0 Å². The average Bonchev–Trinajstić information content (AvgIpc) is 3.57. The van der Waals surface area contributed by atoms with Gasteiger partial charge in [0.1, 0.15) is 6.04 Å². The normalized spacial score (nSPS) is 15.5. The van der Waals surface area contributed by atoms with E-state index >= 15 is 0 Å². The minimum absolute atomic E-state index is 0.143. The van der Waals surface area contributed by atoms with Crippen molar-refractivity contribution in [3.8, 4) is 0 Å². The first-order valence-corrected chi connectivity index (χ1v) is 11.9. The van der Waals surface area contributed by atoms with E-state index in [0.717, 1.165) is 22.0 Å². The van der Waals surface area contributed by atoms with Crippen LogP contribution in [0.1, 0.15) is 39.1 Å². The van der Waals surface area contributed by atoms with E-state index in [1.54, 1.807) is 28.8 Å². The molecule has 0 aliphatic carbocycles. The summed E-state index contributed by atoms with van der Waals surface area (Å²) in [4.78, 5) is 33.2. The van der Waals surface area contributed by atoms with Gasteiger partial charge in [-0.15, -0.1) is 5.10 Å². The summed E-state index contributed by atoms with van der Waals surface area (Å²) in [6.45, 7) is 6.97. The van der Waals surface area contributed by atoms with Gasteiger partial charge in [0.2, 0.25) is 0 Å². The summed E-state index contributed by atoms with van der Waals surface area (Å²) in [6.07, 6.45) is 1.49. The number of H-pyrrole nitrogens is 1. The Kier molecular flexibility index (Phi) is 6.66. The van der Waals surface area contributed by atoms with Crippen LogP contribution in [-0.4, -0.2) is 80.8 Å². The van der Waals surface area contributed by atoms with Crippen molar-refractivity contribution in [1.29, 1.82) is 0 Å². The van der Waals surface area contributed by atoms with Gasteiger partial charge in [-0.05, 0) is 59.5 Å². The van der Waals surface area contributed by atoms with Gasteiger partial charge >= 0.3 is 0 Å². The van der Waals surface area contributed by atoms with Crippen LogP contribution < -0.4 is 5.56 Å². The smallest absolute Gasteiger partial charge is 0.289 e. The first-order chi connectivity index (χ1) is 17.5. The number of carbonyl (C=O) groups is 1. The number of hydrogen-bond donors (Lipinski definition) is 1. The van der Waals surface area contributed by atoms with Crippen LogP contribution in [0.3, 0.4) is 0 Å². The summed E-state index contributed by atoms with van der Waals surface area (Å²) < 4.78 is 12.2. The molecular formula is C25H29N7O4. The summed E-state index contributed by atoms with van der Waals surface area (Å²) in [7, 11) is 1.62. The van der Waals surface area contributed by atoms with Crippen LogP contribution in [0.25, 0.3) is 10.9 Å². The number of aromatic nitrogens is 5. The number of furan rings is 1. The third kappa shape index (κ3) is 4.54. The third-order valence-electron chi connectivity index (χ3n) is 6.63. The van der Waals surface area contributed by atoms with Gasteiger partial charge < -0.3 is 19.0 Å². The number of amides is 1. The van der Waals surface area contributed by atoms with Gasteiger partial charge in [-0.1, -0.05) is 11.6 Å². The highest BCUT2D eigenvalue weighted by molar-refractivity contribution is 5.91. The van der Waals surface area contributed by atoms with Crippen molar-refractivity contribution >= 4 is 16.8 Å². The number of nitrogens with zero attached hydrogens (tertiary/aromatic N) is 6. The highest BCUT2D eigenvalue weighted by Gasteiger charge is 2.34. The van der Waals surface area contributed by atoms with Crippen LogP contribution >= 0.6 is 0 Å². The molecule has 1 saturated heterocycles. The number of ether oxygens (including phenoxy) is 1. The monoisotopic (exact) mass is 491 g/mol. The number of rotatable bonds is 7. The van der Waals surface area contributed by atoms with E-state index in [-0.39, 0.29) is 11.5 Å². The maximum Gasteiger partial charge on any atom is 0.289 e. The lowest BCUT2D eigenvalue weighted by Crippen LogP contribution is -2.50. The number of hydrogen-bond acceptors (Lipinski definition) is 8. The number of fused-ring (bicyclic) bond motifs is 1. The number of pyridine rings is 1. The quantitative estimate of drug-likeness (QED) is 0.416. The molecule has 1 N–H and O–H groups in total. The molecule has 1 aromatic carbocycles. The highest BCUT2D eigenvalue weighted by Crippen LogP contribution is 2.29. The first kappa shape index (κ1) is 23.9. The Labute approximate surface area is 207 Å². The van der Waals surface area contributed by atoms with Crippen molar-refractivity contribution in [1.82, 2.24) is 35.0 Å². The lowest BCUT2D eigenvalue weighted by atomic mass is 10.00. The van der Waals surface area contributed by atoms with Crippen LogP contribution in [0, 0.1) is 13.8 Å². The third-order valence-corrected chi connectivity index (χ3v) is 6.63. The first-order valence-electron chi connectivity index (χ1n) is 11.9. The molecule has 1 atom stereocenters. The molecule has 5 rings (SSSR count). The lowest BCUT2D eigenvalue weighted by Gasteiger charge is -2.38. The minimum Gasteiger partial charge on any atom is -0.459 e. The molecule has 1 aliphatic rings. The molecule has 1 unspecified atom stereocenters. The number of piperazine rings is 1. The number of carbonyl (C=O) groups excluding carboxylic acids is 1. The molecule has 36 heavy (non-hydrogen) atoms. The summed E-state index contributed by atoms with van der Waals surface area (Å²) in [5.41, 5.74) is 3.33. The number of aromatic amines is 1. The van der Waals surface area contributed by atoms with E-state index in [4.69, 9.17) is 9.15 Å². The molecule has 0 spiro atoms. The summed E-state index contributed by atoms with van der Waals surface area (Å²) in [5.74, 6) is 0.739. The highest BCUT2D eigenvalue weighted by atomic mass is 16.5. The molecule has 4 heterocycles. The second-order valence-electron chi connectivity index (χ2n) is 9.06. The fourth-order valence-electron chi connectivity index (χ4n) is 4.89. The second-order valence-corrected chi connectivity index (χ2v) is 9.06.